The zero-order valence-corrected chi connectivity index (χ0v) is 17.4. The van der Waals surface area contributed by atoms with Crippen LogP contribution in [0, 0.1) is 5.82 Å². The fraction of sp³-hybridized carbons (Fsp3) is 0.130. The highest BCUT2D eigenvalue weighted by atomic mass is 19.1. The van der Waals surface area contributed by atoms with E-state index in [-0.39, 0.29) is 11.7 Å². The molecule has 3 heterocycles. The van der Waals surface area contributed by atoms with Crippen molar-refractivity contribution in [2.75, 3.05) is 6.54 Å². The van der Waals surface area contributed by atoms with Gasteiger partial charge in [-0.15, -0.1) is 5.10 Å². The van der Waals surface area contributed by atoms with Crippen molar-refractivity contribution in [3.8, 4) is 17.1 Å². The maximum Gasteiger partial charge on any atom is 0.251 e. The number of nitrogens with one attached hydrogen (secondary N) is 2. The molecule has 5 rings (SSSR count). The molecule has 0 atom stereocenters. The molecule has 0 bridgehead atoms. The third-order valence-electron chi connectivity index (χ3n) is 5.10. The van der Waals surface area contributed by atoms with Crippen LogP contribution in [0.15, 0.2) is 67.3 Å². The summed E-state index contributed by atoms with van der Waals surface area (Å²) in [5, 5.41) is 10.8. The predicted octanol–water partition coefficient (Wildman–Crippen LogP) is 3.10. The van der Waals surface area contributed by atoms with Gasteiger partial charge in [-0.2, -0.15) is 0 Å². The monoisotopic (exact) mass is 442 g/mol. The predicted molar refractivity (Wildman–Crippen MR) is 119 cm³/mol. The minimum absolute atomic E-state index is 0.193. The molecule has 0 radical (unpaired) electrons. The fourth-order valence-corrected chi connectivity index (χ4v) is 3.46. The molecule has 10 heteroatoms. The maximum atomic E-state index is 13.5. The van der Waals surface area contributed by atoms with Crippen molar-refractivity contribution < 1.29 is 9.18 Å². The summed E-state index contributed by atoms with van der Waals surface area (Å²) in [6.07, 6.45) is 8.20. The largest absolute Gasteiger partial charge is 0.352 e. The van der Waals surface area contributed by atoms with Crippen molar-refractivity contribution in [3.05, 3.63) is 84.5 Å². The molecule has 33 heavy (non-hydrogen) atoms. The number of aryl methyl sites for hydroxylation is 1. The first-order valence-corrected chi connectivity index (χ1v) is 10.4. The summed E-state index contributed by atoms with van der Waals surface area (Å²) < 4.78 is 15.0. The van der Waals surface area contributed by atoms with E-state index in [0.717, 1.165) is 18.7 Å². The molecule has 0 spiro atoms. The molecule has 164 valence electrons. The molecule has 3 aromatic heterocycles. The molecule has 1 amide bonds. The molecule has 0 unspecified atom stereocenters. The topological polar surface area (TPSA) is 114 Å². The summed E-state index contributed by atoms with van der Waals surface area (Å²) in [6, 6.07) is 11.1. The van der Waals surface area contributed by atoms with Crippen LogP contribution < -0.4 is 5.32 Å². The minimum atomic E-state index is -0.346. The van der Waals surface area contributed by atoms with Gasteiger partial charge in [-0.3, -0.25) is 4.79 Å². The van der Waals surface area contributed by atoms with Crippen LogP contribution in [0.2, 0.25) is 0 Å². The van der Waals surface area contributed by atoms with Gasteiger partial charge >= 0.3 is 0 Å². The molecule has 2 aromatic carbocycles. The Labute approximate surface area is 187 Å². The summed E-state index contributed by atoms with van der Waals surface area (Å²) in [6.45, 7) is 0.523. The van der Waals surface area contributed by atoms with Crippen molar-refractivity contribution in [1.29, 1.82) is 0 Å². The first-order chi connectivity index (χ1) is 16.2. The van der Waals surface area contributed by atoms with Crippen LogP contribution in [-0.2, 0) is 6.42 Å². The quantitative estimate of drug-likeness (QED) is 0.375. The number of aromatic amines is 1. The molecule has 0 saturated carbocycles. The average Bonchev–Trinajstić information content (AvgIpc) is 3.56. The van der Waals surface area contributed by atoms with Gasteiger partial charge in [0.25, 0.3) is 5.91 Å². The molecule has 0 aliphatic rings. The Balaban J connectivity index is 1.43. The van der Waals surface area contributed by atoms with E-state index >= 15 is 0 Å². The Morgan fingerprint density at radius 3 is 2.70 bits per heavy atom. The van der Waals surface area contributed by atoms with Crippen LogP contribution in [0.3, 0.4) is 0 Å². The second kappa shape index (κ2) is 8.95. The number of halogens is 1. The zero-order chi connectivity index (χ0) is 22.6. The highest BCUT2D eigenvalue weighted by Gasteiger charge is 2.15. The van der Waals surface area contributed by atoms with Gasteiger partial charge in [0.15, 0.2) is 5.82 Å². The van der Waals surface area contributed by atoms with E-state index in [1.54, 1.807) is 55.1 Å². The van der Waals surface area contributed by atoms with Gasteiger partial charge in [0.1, 0.15) is 17.3 Å². The fourth-order valence-electron chi connectivity index (χ4n) is 3.46. The number of carbonyl (C=O) groups excluding carboxylic acids is 1. The Kier molecular flexibility index (Phi) is 5.54. The summed E-state index contributed by atoms with van der Waals surface area (Å²) >= 11 is 0. The number of benzene rings is 2. The average molecular weight is 442 g/mol. The molecule has 0 aliphatic carbocycles. The Bertz CT molecular complexity index is 1380. The first-order valence-electron chi connectivity index (χ1n) is 10.4. The number of amides is 1. The summed E-state index contributed by atoms with van der Waals surface area (Å²) in [5.41, 5.74) is 2.80. The number of fused-ring (bicyclic) bond motifs is 1. The van der Waals surface area contributed by atoms with Gasteiger partial charge in [0, 0.05) is 36.5 Å². The number of H-pyrrole nitrogens is 1. The van der Waals surface area contributed by atoms with E-state index < -0.39 is 0 Å². The van der Waals surface area contributed by atoms with Gasteiger partial charge in [-0.25, -0.2) is 24.0 Å². The maximum absolute atomic E-state index is 13.5. The highest BCUT2D eigenvalue weighted by molar-refractivity contribution is 5.97. The van der Waals surface area contributed by atoms with Gasteiger partial charge in [-0.1, -0.05) is 5.21 Å². The molecule has 0 saturated heterocycles. The number of nitrogens with zero attached hydrogens (tertiary/aromatic N) is 6. The van der Waals surface area contributed by atoms with Crippen LogP contribution in [0.4, 0.5) is 4.39 Å². The SMILES string of the molecule is O=C(NCCCc1ncc[nH]1)c1ccc2nc(-n3ccnn3)c(-c3ccc(F)cc3)nc2c1. The number of carbonyl (C=O) groups is 1. The van der Waals surface area contributed by atoms with Crippen LogP contribution in [-0.4, -0.2) is 47.4 Å². The lowest BCUT2D eigenvalue weighted by Gasteiger charge is -2.11. The minimum Gasteiger partial charge on any atom is -0.352 e. The van der Waals surface area contributed by atoms with E-state index in [4.69, 9.17) is 4.98 Å². The number of rotatable bonds is 7. The van der Waals surface area contributed by atoms with Gasteiger partial charge in [-0.05, 0) is 48.9 Å². The normalized spacial score (nSPS) is 11.1. The second-order valence-electron chi connectivity index (χ2n) is 7.35. The Morgan fingerprint density at radius 2 is 1.94 bits per heavy atom. The van der Waals surface area contributed by atoms with Gasteiger partial charge in [0.2, 0.25) is 0 Å². The van der Waals surface area contributed by atoms with Crippen LogP contribution in [0.25, 0.3) is 28.1 Å². The van der Waals surface area contributed by atoms with Crippen molar-refractivity contribution in [2.24, 2.45) is 0 Å². The van der Waals surface area contributed by atoms with E-state index in [0.29, 0.717) is 40.2 Å². The number of hydrogen-bond acceptors (Lipinski definition) is 6. The summed E-state index contributed by atoms with van der Waals surface area (Å²) in [5.74, 6) is 0.811. The van der Waals surface area contributed by atoms with Crippen molar-refractivity contribution >= 4 is 16.9 Å². The second-order valence-corrected chi connectivity index (χ2v) is 7.35. The van der Waals surface area contributed by atoms with E-state index in [1.165, 1.54) is 16.8 Å². The number of aromatic nitrogens is 7. The van der Waals surface area contributed by atoms with E-state index in [1.807, 2.05) is 0 Å². The Hall–Kier alpha value is -4.47. The molecule has 5 aromatic rings. The lowest BCUT2D eigenvalue weighted by atomic mass is 10.1. The molecule has 2 N–H and O–H groups in total. The molecule has 0 aliphatic heterocycles. The Morgan fingerprint density at radius 1 is 1.06 bits per heavy atom. The van der Waals surface area contributed by atoms with Crippen molar-refractivity contribution in [1.82, 2.24) is 40.2 Å². The summed E-state index contributed by atoms with van der Waals surface area (Å²) in [7, 11) is 0. The lowest BCUT2D eigenvalue weighted by molar-refractivity contribution is 0.0953. The molecular weight excluding hydrogens is 423 g/mol. The number of imidazole rings is 1. The number of hydrogen-bond donors (Lipinski definition) is 2. The van der Waals surface area contributed by atoms with Crippen LogP contribution >= 0.6 is 0 Å². The standard InChI is InChI=1S/C23H19FN8O/c24-17-6-3-15(4-7-17)21-22(32-13-12-28-31-32)30-18-8-5-16(14-19(18)29-21)23(33)27-9-1-2-20-25-10-11-26-20/h3-8,10-14H,1-2,9H2,(H,25,26)(H,27,33). The van der Waals surface area contributed by atoms with Crippen molar-refractivity contribution in [3.63, 3.8) is 0 Å². The van der Waals surface area contributed by atoms with E-state index in [2.05, 4.69) is 30.6 Å². The van der Waals surface area contributed by atoms with Gasteiger partial charge in [0.05, 0.1) is 23.4 Å². The zero-order valence-electron chi connectivity index (χ0n) is 17.4. The third-order valence-corrected chi connectivity index (χ3v) is 5.10. The molecule has 9 nitrogen and oxygen atoms in total. The first kappa shape index (κ1) is 20.4. The highest BCUT2D eigenvalue weighted by Crippen LogP contribution is 2.26. The van der Waals surface area contributed by atoms with Gasteiger partial charge < -0.3 is 10.3 Å². The van der Waals surface area contributed by atoms with Crippen LogP contribution in [0.1, 0.15) is 22.6 Å². The summed E-state index contributed by atoms with van der Waals surface area (Å²) in [4.78, 5) is 29.3. The molecule has 0 fully saturated rings. The van der Waals surface area contributed by atoms with Crippen LogP contribution in [0.5, 0.6) is 0 Å². The van der Waals surface area contributed by atoms with Crippen molar-refractivity contribution in [2.45, 2.75) is 12.8 Å². The molecular formula is C23H19FN8O. The smallest absolute Gasteiger partial charge is 0.251 e. The third kappa shape index (κ3) is 4.45. The lowest BCUT2D eigenvalue weighted by Crippen LogP contribution is -2.24. The van der Waals surface area contributed by atoms with E-state index in [9.17, 15) is 9.18 Å².